The van der Waals surface area contributed by atoms with Crippen LogP contribution in [0.4, 0.5) is 11.4 Å². The summed E-state index contributed by atoms with van der Waals surface area (Å²) in [7, 11) is 1.53. The number of nitrogens with zero attached hydrogens (tertiary/aromatic N) is 1. The molecule has 1 atom stereocenters. The molecular weight excluding hydrogens is 354 g/mol. The third-order valence-electron chi connectivity index (χ3n) is 4.41. The molecule has 1 aliphatic carbocycles. The molecule has 0 radical (unpaired) electrons. The van der Waals surface area contributed by atoms with Gasteiger partial charge in [0.25, 0.3) is 11.6 Å². The summed E-state index contributed by atoms with van der Waals surface area (Å²) >= 11 is 0. The second kappa shape index (κ2) is 9.86. The van der Waals surface area contributed by atoms with Crippen LogP contribution < -0.4 is 10.6 Å². The zero-order valence-corrected chi connectivity index (χ0v) is 15.5. The average Bonchev–Trinajstić information content (AvgIpc) is 3.14. The van der Waals surface area contributed by atoms with Crippen LogP contribution in [0.25, 0.3) is 0 Å². The molecule has 2 rings (SSSR count). The highest BCUT2D eigenvalue weighted by Crippen LogP contribution is 2.26. The van der Waals surface area contributed by atoms with Gasteiger partial charge >= 0.3 is 5.97 Å². The van der Waals surface area contributed by atoms with Crippen LogP contribution in [-0.2, 0) is 14.3 Å². The van der Waals surface area contributed by atoms with Gasteiger partial charge in [0.15, 0.2) is 6.10 Å². The largest absolute Gasteiger partial charge is 0.449 e. The zero-order valence-electron chi connectivity index (χ0n) is 15.5. The van der Waals surface area contributed by atoms with Gasteiger partial charge in [-0.05, 0) is 31.9 Å². The Morgan fingerprint density at radius 1 is 1.33 bits per heavy atom. The Labute approximate surface area is 157 Å². The van der Waals surface area contributed by atoms with Crippen LogP contribution in [0.3, 0.4) is 0 Å². The predicted octanol–water partition coefficient (Wildman–Crippen LogP) is 2.26. The van der Waals surface area contributed by atoms with E-state index in [9.17, 15) is 19.7 Å². The molecule has 1 aliphatic rings. The Bertz CT molecular complexity index is 688. The number of rotatable bonds is 9. The number of ether oxygens (including phenoxy) is 2. The number of amides is 1. The standard InChI is InChI=1S/C18H25N3O6/c1-12(17(22)20-14-5-3-4-6-14)27-18(23)13-7-8-15(19-9-10-26-2)16(11-13)21(24)25/h7-8,11-12,14,19H,3-6,9-10H2,1-2H3,(H,20,22)/t12-/m1/s1. The first-order chi connectivity index (χ1) is 12.9. The van der Waals surface area contributed by atoms with Gasteiger partial charge in [0.2, 0.25) is 0 Å². The smallest absolute Gasteiger partial charge is 0.339 e. The van der Waals surface area contributed by atoms with Crippen molar-refractivity contribution in [3.05, 3.63) is 33.9 Å². The molecule has 1 amide bonds. The van der Waals surface area contributed by atoms with E-state index < -0.39 is 17.0 Å². The minimum atomic E-state index is -0.975. The molecular formula is C18H25N3O6. The van der Waals surface area contributed by atoms with Crippen LogP contribution in [0.5, 0.6) is 0 Å². The minimum absolute atomic E-state index is 0.0134. The van der Waals surface area contributed by atoms with Crippen molar-refractivity contribution in [3.63, 3.8) is 0 Å². The molecule has 0 saturated heterocycles. The van der Waals surface area contributed by atoms with E-state index in [1.165, 1.54) is 26.2 Å². The van der Waals surface area contributed by atoms with E-state index in [4.69, 9.17) is 9.47 Å². The average molecular weight is 379 g/mol. The van der Waals surface area contributed by atoms with Gasteiger partial charge in [0, 0.05) is 25.8 Å². The number of carbonyl (C=O) groups excluding carboxylic acids is 2. The van der Waals surface area contributed by atoms with Crippen molar-refractivity contribution in [1.29, 1.82) is 0 Å². The number of nitro benzene ring substituents is 1. The summed E-state index contributed by atoms with van der Waals surface area (Å²) in [6.45, 7) is 2.26. The number of methoxy groups -OCH3 is 1. The Kier molecular flexibility index (Phi) is 7.54. The summed E-state index contributed by atoms with van der Waals surface area (Å²) in [5.74, 6) is -1.14. The first-order valence-electron chi connectivity index (χ1n) is 8.95. The molecule has 0 unspecified atom stereocenters. The zero-order chi connectivity index (χ0) is 19.8. The molecule has 0 spiro atoms. The van der Waals surface area contributed by atoms with Crippen LogP contribution in [-0.4, -0.2) is 49.2 Å². The lowest BCUT2D eigenvalue weighted by atomic mass is 10.1. The van der Waals surface area contributed by atoms with Crippen molar-refractivity contribution < 1.29 is 24.0 Å². The van der Waals surface area contributed by atoms with Gasteiger partial charge in [-0.15, -0.1) is 0 Å². The van der Waals surface area contributed by atoms with E-state index in [1.54, 1.807) is 0 Å². The van der Waals surface area contributed by atoms with Crippen LogP contribution in [0, 0.1) is 10.1 Å². The number of benzene rings is 1. The van der Waals surface area contributed by atoms with E-state index in [1.807, 2.05) is 0 Å². The van der Waals surface area contributed by atoms with Gasteiger partial charge in [-0.1, -0.05) is 12.8 Å². The van der Waals surface area contributed by atoms with Gasteiger partial charge in [0.05, 0.1) is 17.1 Å². The first-order valence-corrected chi connectivity index (χ1v) is 8.95. The molecule has 1 aromatic rings. The van der Waals surface area contributed by atoms with Crippen molar-refractivity contribution in [1.82, 2.24) is 5.32 Å². The molecule has 1 fully saturated rings. The molecule has 0 aliphatic heterocycles. The van der Waals surface area contributed by atoms with Crippen molar-refractivity contribution in [2.75, 3.05) is 25.6 Å². The van der Waals surface area contributed by atoms with Crippen molar-refractivity contribution in [3.8, 4) is 0 Å². The fourth-order valence-electron chi connectivity index (χ4n) is 2.92. The number of carbonyl (C=O) groups is 2. The summed E-state index contributed by atoms with van der Waals surface area (Å²) in [5, 5.41) is 17.0. The minimum Gasteiger partial charge on any atom is -0.449 e. The Morgan fingerprint density at radius 3 is 2.67 bits per heavy atom. The molecule has 148 valence electrons. The second-order valence-electron chi connectivity index (χ2n) is 6.45. The predicted molar refractivity (Wildman–Crippen MR) is 98.7 cm³/mol. The maximum absolute atomic E-state index is 12.3. The maximum atomic E-state index is 12.3. The highest BCUT2D eigenvalue weighted by Gasteiger charge is 2.25. The maximum Gasteiger partial charge on any atom is 0.339 e. The van der Waals surface area contributed by atoms with Gasteiger partial charge < -0.3 is 20.1 Å². The SMILES string of the molecule is COCCNc1ccc(C(=O)O[C@H](C)C(=O)NC2CCCC2)cc1[N+](=O)[O-]. The fraction of sp³-hybridized carbons (Fsp3) is 0.556. The highest BCUT2D eigenvalue weighted by atomic mass is 16.6. The molecule has 1 saturated carbocycles. The van der Waals surface area contributed by atoms with Crippen molar-refractivity contribution >= 4 is 23.3 Å². The number of hydrogen-bond donors (Lipinski definition) is 2. The normalized spacial score (nSPS) is 15.2. The lowest BCUT2D eigenvalue weighted by Crippen LogP contribution is -2.40. The molecule has 2 N–H and O–H groups in total. The second-order valence-corrected chi connectivity index (χ2v) is 6.45. The molecule has 9 heteroatoms. The van der Waals surface area contributed by atoms with E-state index in [0.717, 1.165) is 31.7 Å². The van der Waals surface area contributed by atoms with Crippen LogP contribution in [0.15, 0.2) is 18.2 Å². The third kappa shape index (κ3) is 5.92. The summed E-state index contributed by atoms with van der Waals surface area (Å²) in [5.41, 5.74) is 0.0451. The molecule has 0 heterocycles. The number of nitrogens with one attached hydrogen (secondary N) is 2. The molecule has 1 aromatic carbocycles. The van der Waals surface area contributed by atoms with Gasteiger partial charge in [-0.3, -0.25) is 14.9 Å². The number of esters is 1. The summed E-state index contributed by atoms with van der Waals surface area (Å²) in [4.78, 5) is 35.1. The Hall–Kier alpha value is -2.68. The molecule has 0 bridgehead atoms. The van der Waals surface area contributed by atoms with Gasteiger partial charge in [-0.2, -0.15) is 0 Å². The highest BCUT2D eigenvalue weighted by molar-refractivity contribution is 5.93. The monoisotopic (exact) mass is 379 g/mol. The van der Waals surface area contributed by atoms with E-state index >= 15 is 0 Å². The third-order valence-corrected chi connectivity index (χ3v) is 4.41. The molecule has 9 nitrogen and oxygen atoms in total. The van der Waals surface area contributed by atoms with Crippen molar-refractivity contribution in [2.45, 2.75) is 44.8 Å². The number of nitro groups is 1. The van der Waals surface area contributed by atoms with E-state index in [2.05, 4.69) is 10.6 Å². The van der Waals surface area contributed by atoms with Gasteiger partial charge in [-0.25, -0.2) is 4.79 Å². The summed E-state index contributed by atoms with van der Waals surface area (Å²) in [6.07, 6.45) is 3.03. The Balaban J connectivity index is 2.00. The molecule has 27 heavy (non-hydrogen) atoms. The summed E-state index contributed by atoms with van der Waals surface area (Å²) < 4.78 is 10.1. The lowest BCUT2D eigenvalue weighted by Gasteiger charge is -2.17. The molecule has 0 aromatic heterocycles. The first kappa shape index (κ1) is 20.6. The van der Waals surface area contributed by atoms with Crippen LogP contribution >= 0.6 is 0 Å². The quantitative estimate of drug-likeness (QED) is 0.292. The number of hydrogen-bond acceptors (Lipinski definition) is 7. The fourth-order valence-corrected chi connectivity index (χ4v) is 2.92. The topological polar surface area (TPSA) is 120 Å². The number of anilines is 1. The van der Waals surface area contributed by atoms with Crippen LogP contribution in [0.2, 0.25) is 0 Å². The summed E-state index contributed by atoms with van der Waals surface area (Å²) in [6, 6.07) is 4.12. The van der Waals surface area contributed by atoms with Crippen molar-refractivity contribution in [2.24, 2.45) is 0 Å². The Morgan fingerprint density at radius 2 is 2.04 bits per heavy atom. The van der Waals surface area contributed by atoms with E-state index in [0.29, 0.717) is 13.2 Å². The van der Waals surface area contributed by atoms with Crippen LogP contribution in [0.1, 0.15) is 43.0 Å². The lowest BCUT2D eigenvalue weighted by molar-refractivity contribution is -0.384. The van der Waals surface area contributed by atoms with E-state index in [-0.39, 0.29) is 28.9 Å². The van der Waals surface area contributed by atoms with Gasteiger partial charge in [0.1, 0.15) is 5.69 Å².